The number of carbonyl (C=O) groups excluding carboxylic acids is 2. The number of para-hydroxylation sites is 1. The van der Waals surface area contributed by atoms with E-state index in [0.717, 1.165) is 39.9 Å². The minimum absolute atomic E-state index is 0.0349. The van der Waals surface area contributed by atoms with Crippen LogP contribution in [0.2, 0.25) is 0 Å². The molecule has 1 unspecified atom stereocenters. The summed E-state index contributed by atoms with van der Waals surface area (Å²) < 4.78 is 40.5. The van der Waals surface area contributed by atoms with E-state index in [-0.39, 0.29) is 17.8 Å². The molecule has 2 amide bonds. The van der Waals surface area contributed by atoms with Gasteiger partial charge >= 0.3 is 0 Å². The van der Waals surface area contributed by atoms with E-state index in [4.69, 9.17) is 0 Å². The first-order valence-electron chi connectivity index (χ1n) is 10.7. The Morgan fingerprint density at radius 2 is 1.68 bits per heavy atom. The lowest BCUT2D eigenvalue weighted by Crippen LogP contribution is -2.39. The fourth-order valence-electron chi connectivity index (χ4n) is 3.93. The molecule has 1 atom stereocenters. The number of carbonyl (C=O) groups is 2. The van der Waals surface area contributed by atoms with Gasteiger partial charge in [0, 0.05) is 30.1 Å². The first kappa shape index (κ1) is 23.1. The zero-order valence-corrected chi connectivity index (χ0v) is 18.3. The standard InChI is InChI=1S/C26H22F3N3O2/c1-30-26(34)25(16-8-12-20(28)21(29)14-16)32-23(33)13-11-19-18-4-2-3-5-22(18)31-24(19)15-6-9-17(27)10-7-15/h2-10,12,14,25,31H,11,13H2,1H3,(H,30,34)(H,32,33). The van der Waals surface area contributed by atoms with Gasteiger partial charge in [-0.25, -0.2) is 13.2 Å². The van der Waals surface area contributed by atoms with E-state index < -0.39 is 29.5 Å². The maximum Gasteiger partial charge on any atom is 0.246 e. The highest BCUT2D eigenvalue weighted by Crippen LogP contribution is 2.31. The number of hydrogen-bond acceptors (Lipinski definition) is 2. The van der Waals surface area contributed by atoms with Crippen LogP contribution >= 0.6 is 0 Å². The van der Waals surface area contributed by atoms with Gasteiger partial charge < -0.3 is 15.6 Å². The number of nitrogens with one attached hydrogen (secondary N) is 3. The SMILES string of the molecule is CNC(=O)C(NC(=O)CCc1c(-c2ccc(F)cc2)[nH]c2ccccc12)c1ccc(F)c(F)c1. The first-order chi connectivity index (χ1) is 16.4. The van der Waals surface area contributed by atoms with Crippen molar-refractivity contribution < 1.29 is 22.8 Å². The van der Waals surface area contributed by atoms with Crippen LogP contribution in [-0.4, -0.2) is 23.8 Å². The summed E-state index contributed by atoms with van der Waals surface area (Å²) in [5.74, 6) is -3.49. The molecule has 34 heavy (non-hydrogen) atoms. The van der Waals surface area contributed by atoms with Crippen LogP contribution in [0.3, 0.4) is 0 Å². The van der Waals surface area contributed by atoms with Gasteiger partial charge in [-0.3, -0.25) is 9.59 Å². The number of benzene rings is 3. The molecule has 3 N–H and O–H groups in total. The number of halogens is 3. The van der Waals surface area contributed by atoms with Crippen LogP contribution < -0.4 is 10.6 Å². The minimum atomic E-state index is -1.17. The number of aromatic amines is 1. The van der Waals surface area contributed by atoms with Crippen molar-refractivity contribution in [1.29, 1.82) is 0 Å². The molecule has 0 saturated carbocycles. The molecule has 0 aliphatic carbocycles. The molecular formula is C26H22F3N3O2. The van der Waals surface area contributed by atoms with Gasteiger partial charge in [0.2, 0.25) is 11.8 Å². The highest BCUT2D eigenvalue weighted by Gasteiger charge is 2.23. The van der Waals surface area contributed by atoms with E-state index in [0.29, 0.717) is 6.42 Å². The van der Waals surface area contributed by atoms with Crippen LogP contribution in [0.1, 0.15) is 23.6 Å². The van der Waals surface area contributed by atoms with Crippen LogP contribution in [0.5, 0.6) is 0 Å². The molecule has 4 aromatic rings. The number of amides is 2. The molecule has 1 heterocycles. The fourth-order valence-corrected chi connectivity index (χ4v) is 3.93. The minimum Gasteiger partial charge on any atom is -0.357 e. The van der Waals surface area contributed by atoms with E-state index in [1.165, 1.54) is 25.2 Å². The molecule has 5 nitrogen and oxygen atoms in total. The smallest absolute Gasteiger partial charge is 0.246 e. The number of H-pyrrole nitrogens is 1. The lowest BCUT2D eigenvalue weighted by molar-refractivity contribution is -0.128. The van der Waals surface area contributed by atoms with Crippen molar-refractivity contribution in [3.8, 4) is 11.3 Å². The van der Waals surface area contributed by atoms with Gasteiger partial charge in [0.15, 0.2) is 11.6 Å². The molecule has 0 bridgehead atoms. The Morgan fingerprint density at radius 1 is 0.941 bits per heavy atom. The normalized spacial score (nSPS) is 11.9. The van der Waals surface area contributed by atoms with E-state index in [1.54, 1.807) is 12.1 Å². The van der Waals surface area contributed by atoms with Crippen molar-refractivity contribution >= 4 is 22.7 Å². The van der Waals surface area contributed by atoms with Crippen molar-refractivity contribution in [2.45, 2.75) is 18.9 Å². The van der Waals surface area contributed by atoms with E-state index in [1.807, 2.05) is 24.3 Å². The molecule has 0 saturated heterocycles. The average Bonchev–Trinajstić information content (AvgIpc) is 3.21. The molecule has 8 heteroatoms. The number of rotatable bonds is 7. The molecule has 0 aliphatic rings. The number of likely N-dealkylation sites (N-methyl/N-ethyl adjacent to an activating group) is 1. The summed E-state index contributed by atoms with van der Waals surface area (Å²) in [5, 5.41) is 5.96. The summed E-state index contributed by atoms with van der Waals surface area (Å²) in [5.41, 5.74) is 3.44. The fraction of sp³-hybridized carbons (Fsp3) is 0.154. The average molecular weight is 465 g/mol. The molecule has 3 aromatic carbocycles. The van der Waals surface area contributed by atoms with E-state index in [2.05, 4.69) is 15.6 Å². The Bertz CT molecular complexity index is 1350. The van der Waals surface area contributed by atoms with E-state index >= 15 is 0 Å². The van der Waals surface area contributed by atoms with Crippen molar-refractivity contribution in [2.24, 2.45) is 0 Å². The third-order valence-corrected chi connectivity index (χ3v) is 5.64. The van der Waals surface area contributed by atoms with Gasteiger partial charge in [-0.2, -0.15) is 0 Å². The molecule has 0 aliphatic heterocycles. The molecule has 0 fully saturated rings. The van der Waals surface area contributed by atoms with Crippen molar-refractivity contribution in [1.82, 2.24) is 15.6 Å². The third-order valence-electron chi connectivity index (χ3n) is 5.64. The maximum atomic E-state index is 13.7. The first-order valence-corrected chi connectivity index (χ1v) is 10.7. The molecule has 174 valence electrons. The predicted octanol–water partition coefficient (Wildman–Crippen LogP) is 4.79. The second kappa shape index (κ2) is 9.82. The summed E-state index contributed by atoms with van der Waals surface area (Å²) in [7, 11) is 1.39. The van der Waals surface area contributed by atoms with Crippen molar-refractivity contribution in [2.75, 3.05) is 7.05 Å². The summed E-state index contributed by atoms with van der Waals surface area (Å²) in [6.45, 7) is 0. The second-order valence-corrected chi connectivity index (χ2v) is 7.82. The van der Waals surface area contributed by atoms with Gasteiger partial charge in [-0.15, -0.1) is 0 Å². The lowest BCUT2D eigenvalue weighted by atomic mass is 10.0. The number of fused-ring (bicyclic) bond motifs is 1. The molecule has 0 spiro atoms. The molecule has 0 radical (unpaired) electrons. The van der Waals surface area contributed by atoms with Crippen LogP contribution in [-0.2, 0) is 16.0 Å². The molecule has 4 rings (SSSR count). The second-order valence-electron chi connectivity index (χ2n) is 7.82. The van der Waals surface area contributed by atoms with Gasteiger partial charge in [-0.05, 0) is 65.6 Å². The van der Waals surface area contributed by atoms with Crippen molar-refractivity contribution in [3.63, 3.8) is 0 Å². The number of aryl methyl sites for hydroxylation is 1. The Balaban J connectivity index is 1.57. The summed E-state index contributed by atoms with van der Waals surface area (Å²) >= 11 is 0. The number of aromatic nitrogens is 1. The quantitative estimate of drug-likeness (QED) is 0.367. The largest absolute Gasteiger partial charge is 0.357 e. The molecule has 1 aromatic heterocycles. The third kappa shape index (κ3) is 4.80. The van der Waals surface area contributed by atoms with Gasteiger partial charge in [0.05, 0.1) is 0 Å². The van der Waals surface area contributed by atoms with E-state index in [9.17, 15) is 22.8 Å². The van der Waals surface area contributed by atoms with Crippen molar-refractivity contribution in [3.05, 3.63) is 95.3 Å². The van der Waals surface area contributed by atoms with Gasteiger partial charge in [-0.1, -0.05) is 24.3 Å². The summed E-state index contributed by atoms with van der Waals surface area (Å²) in [6.07, 6.45) is 0.369. The topological polar surface area (TPSA) is 74.0 Å². The Kier molecular flexibility index (Phi) is 6.67. The van der Waals surface area contributed by atoms with Gasteiger partial charge in [0.25, 0.3) is 0 Å². The monoisotopic (exact) mass is 465 g/mol. The zero-order chi connectivity index (χ0) is 24.2. The Morgan fingerprint density at radius 3 is 2.38 bits per heavy atom. The van der Waals surface area contributed by atoms with Crippen LogP contribution in [0.15, 0.2) is 66.7 Å². The van der Waals surface area contributed by atoms with Crippen LogP contribution in [0.25, 0.3) is 22.2 Å². The predicted molar refractivity (Wildman–Crippen MR) is 123 cm³/mol. The zero-order valence-electron chi connectivity index (χ0n) is 18.3. The molecular weight excluding hydrogens is 443 g/mol. The highest BCUT2D eigenvalue weighted by molar-refractivity contribution is 5.92. The summed E-state index contributed by atoms with van der Waals surface area (Å²) in [6, 6.07) is 15.6. The Labute approximate surface area is 194 Å². The van der Waals surface area contributed by atoms with Gasteiger partial charge in [0.1, 0.15) is 11.9 Å². The lowest BCUT2D eigenvalue weighted by Gasteiger charge is -2.18. The number of hydrogen-bond donors (Lipinski definition) is 3. The van der Waals surface area contributed by atoms with Crippen LogP contribution in [0, 0.1) is 17.5 Å². The maximum absolute atomic E-state index is 13.7. The Hall–Kier alpha value is -4.07. The van der Waals surface area contributed by atoms with Crippen LogP contribution in [0.4, 0.5) is 13.2 Å². The summed E-state index contributed by atoms with van der Waals surface area (Å²) in [4.78, 5) is 28.5. The highest BCUT2D eigenvalue weighted by atomic mass is 19.2.